The molecule has 2 N–H and O–H groups in total. The number of nitrogens with one attached hydrogen (secondary N) is 2. The van der Waals surface area contributed by atoms with E-state index in [4.69, 9.17) is 11.6 Å². The van der Waals surface area contributed by atoms with E-state index in [1.807, 2.05) is 0 Å². The topological polar surface area (TPSA) is 109 Å². The number of aromatic nitrogens is 3. The lowest BCUT2D eigenvalue weighted by atomic mass is 10.0. The number of carbonyl (C=O) groups excluding carboxylic acids is 3. The molecule has 0 atom stereocenters. The van der Waals surface area contributed by atoms with Crippen molar-refractivity contribution in [1.29, 1.82) is 0 Å². The summed E-state index contributed by atoms with van der Waals surface area (Å²) in [7, 11) is 0. The summed E-state index contributed by atoms with van der Waals surface area (Å²) in [5.41, 5.74) is 1.82. The number of nitrogens with zero attached hydrogens (tertiary/aromatic N) is 4. The summed E-state index contributed by atoms with van der Waals surface area (Å²) in [5, 5.41) is 9.84. The first-order chi connectivity index (χ1) is 19.0. The standard InChI is InChI=1S/C27H22ClF3N6O3/c1-15(38)33-23-13-37-24(34-23)7-6-22(35-37)16-2-5-21(28)20(11-16)25(39)32-12-17-10-18(29)3-4-19(17)26(40)36-9-8-27(30,31)14-36/h2-7,10-11,13H,8-9,12,14H2,1H3,(H,32,39)(H,33,38). The number of benzene rings is 2. The van der Waals surface area contributed by atoms with Gasteiger partial charge in [-0.3, -0.25) is 14.4 Å². The summed E-state index contributed by atoms with van der Waals surface area (Å²) >= 11 is 6.30. The fourth-order valence-electron chi connectivity index (χ4n) is 4.40. The van der Waals surface area contributed by atoms with Crippen LogP contribution in [0.4, 0.5) is 19.0 Å². The molecule has 2 aromatic heterocycles. The van der Waals surface area contributed by atoms with E-state index in [2.05, 4.69) is 20.7 Å². The molecule has 1 aliphatic rings. The zero-order valence-electron chi connectivity index (χ0n) is 21.1. The molecule has 1 aliphatic heterocycles. The third-order valence-corrected chi connectivity index (χ3v) is 6.65. The SMILES string of the molecule is CC(=O)Nc1cn2nc(-c3ccc(Cl)c(C(=O)NCc4cc(F)ccc4C(=O)N4CCC(F)(F)C4)c3)ccc2n1. The molecule has 0 radical (unpaired) electrons. The summed E-state index contributed by atoms with van der Waals surface area (Å²) in [5.74, 6) is -4.82. The number of halogens is 4. The summed E-state index contributed by atoms with van der Waals surface area (Å²) in [4.78, 5) is 42.6. The summed E-state index contributed by atoms with van der Waals surface area (Å²) in [6.45, 7) is 0.286. The third kappa shape index (κ3) is 5.76. The van der Waals surface area contributed by atoms with Crippen LogP contribution in [-0.2, 0) is 11.3 Å². The van der Waals surface area contributed by atoms with E-state index in [9.17, 15) is 27.6 Å². The molecule has 3 heterocycles. The second-order valence-corrected chi connectivity index (χ2v) is 9.75. The second kappa shape index (κ2) is 10.6. The Morgan fingerprint density at radius 3 is 2.60 bits per heavy atom. The van der Waals surface area contributed by atoms with Gasteiger partial charge < -0.3 is 15.5 Å². The molecule has 0 aliphatic carbocycles. The fraction of sp³-hybridized carbons (Fsp3) is 0.222. The first-order valence-corrected chi connectivity index (χ1v) is 12.5. The Labute approximate surface area is 230 Å². The number of imidazole rings is 1. The average Bonchev–Trinajstić information content (AvgIpc) is 3.48. The Bertz CT molecular complexity index is 1660. The molecule has 0 saturated carbocycles. The van der Waals surface area contributed by atoms with E-state index in [0.717, 1.165) is 17.0 Å². The van der Waals surface area contributed by atoms with Gasteiger partial charge in [-0.2, -0.15) is 5.10 Å². The van der Waals surface area contributed by atoms with Gasteiger partial charge in [0.15, 0.2) is 11.5 Å². The Morgan fingerprint density at radius 2 is 1.88 bits per heavy atom. The van der Waals surface area contributed by atoms with E-state index in [0.29, 0.717) is 22.7 Å². The van der Waals surface area contributed by atoms with Crippen LogP contribution >= 0.6 is 11.6 Å². The van der Waals surface area contributed by atoms with Gasteiger partial charge in [-0.1, -0.05) is 17.7 Å². The lowest BCUT2D eigenvalue weighted by Gasteiger charge is -2.18. The number of likely N-dealkylation sites (tertiary alicyclic amines) is 1. The van der Waals surface area contributed by atoms with Crippen LogP contribution in [0.5, 0.6) is 0 Å². The summed E-state index contributed by atoms with van der Waals surface area (Å²) in [6.07, 6.45) is 1.10. The highest BCUT2D eigenvalue weighted by molar-refractivity contribution is 6.34. The lowest BCUT2D eigenvalue weighted by Crippen LogP contribution is -2.33. The Morgan fingerprint density at radius 1 is 1.07 bits per heavy atom. The quantitative estimate of drug-likeness (QED) is 0.353. The van der Waals surface area contributed by atoms with Gasteiger partial charge in [-0.15, -0.1) is 0 Å². The smallest absolute Gasteiger partial charge is 0.267 e. The summed E-state index contributed by atoms with van der Waals surface area (Å²) in [6, 6.07) is 11.5. The van der Waals surface area contributed by atoms with Gasteiger partial charge in [-0.25, -0.2) is 22.7 Å². The van der Waals surface area contributed by atoms with Crippen LogP contribution in [0.2, 0.25) is 5.02 Å². The number of rotatable bonds is 6. The highest BCUT2D eigenvalue weighted by atomic mass is 35.5. The fourth-order valence-corrected chi connectivity index (χ4v) is 4.61. The predicted octanol–water partition coefficient (Wildman–Crippen LogP) is 4.56. The van der Waals surface area contributed by atoms with E-state index in [1.54, 1.807) is 24.4 Å². The molecule has 40 heavy (non-hydrogen) atoms. The first kappa shape index (κ1) is 27.1. The number of alkyl halides is 2. The van der Waals surface area contributed by atoms with Gasteiger partial charge in [-0.05, 0) is 48.0 Å². The molecule has 4 aromatic rings. The summed E-state index contributed by atoms with van der Waals surface area (Å²) < 4.78 is 42.8. The molecule has 9 nitrogen and oxygen atoms in total. The molecule has 0 bridgehead atoms. The number of anilines is 1. The van der Waals surface area contributed by atoms with Crippen LogP contribution in [0.3, 0.4) is 0 Å². The number of fused-ring (bicyclic) bond motifs is 1. The van der Waals surface area contributed by atoms with E-state index >= 15 is 0 Å². The molecule has 5 rings (SSSR count). The Kier molecular flexibility index (Phi) is 7.19. The predicted molar refractivity (Wildman–Crippen MR) is 141 cm³/mol. The number of hydrogen-bond acceptors (Lipinski definition) is 5. The number of carbonyl (C=O) groups is 3. The lowest BCUT2D eigenvalue weighted by molar-refractivity contribution is -0.114. The molecule has 1 fully saturated rings. The van der Waals surface area contributed by atoms with Crippen molar-refractivity contribution in [3.05, 3.63) is 82.3 Å². The van der Waals surface area contributed by atoms with Gasteiger partial charge in [0.25, 0.3) is 17.7 Å². The molecule has 0 spiro atoms. The van der Waals surface area contributed by atoms with Crippen molar-refractivity contribution in [2.75, 3.05) is 18.4 Å². The minimum atomic E-state index is -2.98. The second-order valence-electron chi connectivity index (χ2n) is 9.34. The van der Waals surface area contributed by atoms with Crippen LogP contribution in [-0.4, -0.2) is 56.2 Å². The minimum absolute atomic E-state index is 0.0238. The molecule has 13 heteroatoms. The maximum atomic E-state index is 14.0. The largest absolute Gasteiger partial charge is 0.348 e. The zero-order valence-corrected chi connectivity index (χ0v) is 21.8. The van der Waals surface area contributed by atoms with Gasteiger partial charge in [0.2, 0.25) is 5.91 Å². The number of amides is 3. The first-order valence-electron chi connectivity index (χ1n) is 12.2. The minimum Gasteiger partial charge on any atom is -0.348 e. The molecule has 2 aromatic carbocycles. The highest BCUT2D eigenvalue weighted by Gasteiger charge is 2.40. The van der Waals surface area contributed by atoms with Gasteiger partial charge in [0.1, 0.15) is 5.82 Å². The van der Waals surface area contributed by atoms with Crippen LogP contribution in [0.1, 0.15) is 39.6 Å². The van der Waals surface area contributed by atoms with Gasteiger partial charge >= 0.3 is 0 Å². The van der Waals surface area contributed by atoms with Gasteiger partial charge in [0, 0.05) is 37.6 Å². The van der Waals surface area contributed by atoms with Crippen LogP contribution < -0.4 is 10.6 Å². The zero-order chi connectivity index (χ0) is 28.6. The average molecular weight is 571 g/mol. The van der Waals surface area contributed by atoms with Crippen molar-refractivity contribution >= 4 is 40.8 Å². The highest BCUT2D eigenvalue weighted by Crippen LogP contribution is 2.29. The third-order valence-electron chi connectivity index (χ3n) is 6.32. The maximum Gasteiger partial charge on any atom is 0.267 e. The normalized spacial score (nSPS) is 14.4. The van der Waals surface area contributed by atoms with Crippen molar-refractivity contribution in [1.82, 2.24) is 24.8 Å². The maximum absolute atomic E-state index is 14.0. The molecular weight excluding hydrogens is 549 g/mol. The molecule has 3 amide bonds. The van der Waals surface area contributed by atoms with Crippen molar-refractivity contribution < 1.29 is 27.6 Å². The molecule has 206 valence electrons. The van der Waals surface area contributed by atoms with Crippen molar-refractivity contribution in [2.24, 2.45) is 0 Å². The van der Waals surface area contributed by atoms with E-state index in [-0.39, 0.29) is 40.7 Å². The molecule has 0 unspecified atom stereocenters. The van der Waals surface area contributed by atoms with Crippen LogP contribution in [0, 0.1) is 5.82 Å². The molecule has 1 saturated heterocycles. The Balaban J connectivity index is 1.35. The monoisotopic (exact) mass is 570 g/mol. The van der Waals surface area contributed by atoms with Gasteiger partial charge in [0.05, 0.1) is 29.0 Å². The van der Waals surface area contributed by atoms with Crippen molar-refractivity contribution in [3.8, 4) is 11.3 Å². The van der Waals surface area contributed by atoms with Crippen molar-refractivity contribution in [3.63, 3.8) is 0 Å². The van der Waals surface area contributed by atoms with Crippen molar-refractivity contribution in [2.45, 2.75) is 25.8 Å². The Hall–Kier alpha value is -4.45. The van der Waals surface area contributed by atoms with Crippen LogP contribution in [0.15, 0.2) is 54.7 Å². The number of hydrogen-bond donors (Lipinski definition) is 2. The van der Waals surface area contributed by atoms with E-state index in [1.165, 1.54) is 29.6 Å². The van der Waals surface area contributed by atoms with E-state index < -0.39 is 36.5 Å². The van der Waals surface area contributed by atoms with Crippen LogP contribution in [0.25, 0.3) is 16.9 Å². The molecular formula is C27H22ClF3N6O3.